The number of rotatable bonds is 62. The van der Waals surface area contributed by atoms with E-state index in [1.807, 2.05) is 33.3 Å². The van der Waals surface area contributed by atoms with Gasteiger partial charge in [-0.3, -0.25) is 14.2 Å². The molecule has 0 aliphatic heterocycles. The van der Waals surface area contributed by atoms with E-state index in [9.17, 15) is 19.0 Å². The van der Waals surface area contributed by atoms with Crippen LogP contribution in [0.15, 0.2) is 97.2 Å². The van der Waals surface area contributed by atoms with Gasteiger partial charge in [0.05, 0.1) is 33.8 Å². The van der Waals surface area contributed by atoms with E-state index in [2.05, 4.69) is 111 Å². The summed E-state index contributed by atoms with van der Waals surface area (Å²) in [5.74, 6) is -0.555. The van der Waals surface area contributed by atoms with Gasteiger partial charge in [0.25, 0.3) is 7.82 Å². The molecule has 9 nitrogen and oxygen atoms in total. The van der Waals surface area contributed by atoms with Crippen molar-refractivity contribution >= 4 is 19.7 Å². The lowest BCUT2D eigenvalue weighted by Crippen LogP contribution is -2.47. The highest BCUT2D eigenvalue weighted by Gasteiger charge is 2.27. The monoisotopic (exact) mass is 1180 g/mol. The number of esters is 1. The van der Waals surface area contributed by atoms with Crippen molar-refractivity contribution in [3.8, 4) is 0 Å². The number of unbranched alkanes of at least 4 members (excludes halogenated alkanes) is 32. The summed E-state index contributed by atoms with van der Waals surface area (Å²) in [4.78, 5) is 40.1. The molecule has 10 heteroatoms. The fraction of sp³-hybridized carbons (Fsp3) is 0.753. The average Bonchev–Trinajstić information content (AvgIpc) is 3.51. The Morgan fingerprint density at radius 2 is 0.735 bits per heavy atom. The van der Waals surface area contributed by atoms with Crippen molar-refractivity contribution in [3.05, 3.63) is 97.2 Å². The standard InChI is InChI=1S/C73H131N2O7P/c1-7-10-13-16-19-22-25-27-29-31-33-35-36-37-38-40-41-43-45-47-50-53-56-59-62-65-72(76)74-70(69-81-83(78,79)80-68-67-75(4,5)6)71(64-61-58-55-52-49-24-21-18-15-12-9-3)82-73(77)66-63-60-57-54-51-48-46-44-42-39-34-32-30-28-26-23-20-17-14-11-8-2/h19-20,22-23,27-30,33-35,37-39,61,64,70-71H,7-18,21,24-26,31-32,36,40-60,62-63,65-69H2,1-6H3,(H-,74,76,78,79)/b22-19-,23-20-,29-27-,30-28-,35-33-,38-37-,39-34-,64-61-. The molecule has 0 saturated heterocycles. The molecule has 3 atom stereocenters. The summed E-state index contributed by atoms with van der Waals surface area (Å²) in [5, 5.41) is 3.03. The van der Waals surface area contributed by atoms with Crippen molar-refractivity contribution in [1.29, 1.82) is 0 Å². The van der Waals surface area contributed by atoms with Crippen molar-refractivity contribution in [2.24, 2.45) is 0 Å². The van der Waals surface area contributed by atoms with Crippen LogP contribution in [0.3, 0.4) is 0 Å². The third-order valence-corrected chi connectivity index (χ3v) is 16.0. The second kappa shape index (κ2) is 62.0. The van der Waals surface area contributed by atoms with Crippen LogP contribution in [0.4, 0.5) is 0 Å². The number of quaternary nitrogens is 1. The molecule has 0 bridgehead atoms. The van der Waals surface area contributed by atoms with Crippen LogP contribution in [-0.2, 0) is 27.9 Å². The Balaban J connectivity index is 5.10. The van der Waals surface area contributed by atoms with Gasteiger partial charge in [-0.25, -0.2) is 0 Å². The molecule has 0 spiro atoms. The first-order chi connectivity index (χ1) is 40.4. The third kappa shape index (κ3) is 63.3. The molecule has 0 aromatic carbocycles. The molecule has 0 radical (unpaired) electrons. The predicted octanol–water partition coefficient (Wildman–Crippen LogP) is 21.3. The molecule has 0 aliphatic rings. The molecule has 0 saturated carbocycles. The Bertz CT molecular complexity index is 1740. The first-order valence-corrected chi connectivity index (χ1v) is 36.0. The summed E-state index contributed by atoms with van der Waals surface area (Å²) < 4.78 is 30.4. The van der Waals surface area contributed by atoms with Gasteiger partial charge in [-0.1, -0.05) is 272 Å². The van der Waals surface area contributed by atoms with Crippen molar-refractivity contribution in [3.63, 3.8) is 0 Å². The van der Waals surface area contributed by atoms with Crippen LogP contribution in [0.5, 0.6) is 0 Å². The zero-order chi connectivity index (χ0) is 60.7. The number of carbonyl (C=O) groups is 2. The van der Waals surface area contributed by atoms with Gasteiger partial charge in [0.1, 0.15) is 19.3 Å². The van der Waals surface area contributed by atoms with Crippen molar-refractivity contribution < 1.29 is 37.3 Å². The van der Waals surface area contributed by atoms with Gasteiger partial charge < -0.3 is 28.5 Å². The smallest absolute Gasteiger partial charge is 0.306 e. The molecule has 0 heterocycles. The van der Waals surface area contributed by atoms with Crippen molar-refractivity contribution in [2.75, 3.05) is 40.9 Å². The molecule has 3 unspecified atom stereocenters. The van der Waals surface area contributed by atoms with Crippen LogP contribution in [0, 0.1) is 0 Å². The first-order valence-electron chi connectivity index (χ1n) is 34.5. The van der Waals surface area contributed by atoms with Crippen LogP contribution < -0.4 is 10.2 Å². The van der Waals surface area contributed by atoms with Crippen molar-refractivity contribution in [1.82, 2.24) is 5.32 Å². The Labute approximate surface area is 513 Å². The van der Waals surface area contributed by atoms with E-state index in [1.54, 1.807) is 0 Å². The normalized spacial score (nSPS) is 14.2. The minimum atomic E-state index is -4.71. The van der Waals surface area contributed by atoms with Crippen LogP contribution in [-0.4, -0.2) is 69.4 Å². The minimum Gasteiger partial charge on any atom is -0.756 e. The molecule has 0 fully saturated rings. The highest BCUT2D eigenvalue weighted by atomic mass is 31.2. The van der Waals surface area contributed by atoms with Crippen LogP contribution in [0.2, 0.25) is 0 Å². The summed E-state index contributed by atoms with van der Waals surface area (Å²) in [6.07, 6.45) is 83.8. The SMILES string of the molecule is CCCCC/C=C\C/C=C\C/C=C\C/C=C\CCCCCCCCCCCC(=O)NC(COP(=O)([O-])OCC[N+](C)(C)C)C(/C=C\CCCCCCCCCCC)OC(=O)CCCCCCCCCC/C=C\C/C=C\C/C=C\CCCCC. The maximum Gasteiger partial charge on any atom is 0.306 e. The van der Waals surface area contributed by atoms with E-state index in [1.165, 1.54) is 154 Å². The number of ether oxygens (including phenoxy) is 1. The zero-order valence-corrected chi connectivity index (χ0v) is 55.8. The van der Waals surface area contributed by atoms with E-state index in [-0.39, 0.29) is 24.9 Å². The van der Waals surface area contributed by atoms with E-state index in [0.717, 1.165) is 116 Å². The molecular weight excluding hydrogens is 1050 g/mol. The third-order valence-electron chi connectivity index (χ3n) is 15.0. The number of phosphoric ester groups is 1. The molecule has 1 N–H and O–H groups in total. The Kier molecular flexibility index (Phi) is 59.7. The highest BCUT2D eigenvalue weighted by molar-refractivity contribution is 7.45. The maximum absolute atomic E-state index is 13.6. The quantitative estimate of drug-likeness (QED) is 0.0212. The molecule has 83 heavy (non-hydrogen) atoms. The molecule has 0 aliphatic carbocycles. The Morgan fingerprint density at radius 1 is 0.422 bits per heavy atom. The van der Waals surface area contributed by atoms with Crippen LogP contribution in [0.1, 0.15) is 303 Å². The lowest BCUT2D eigenvalue weighted by Gasteiger charge is -2.30. The van der Waals surface area contributed by atoms with Gasteiger partial charge in [0.2, 0.25) is 5.91 Å². The minimum absolute atomic E-state index is 0.0288. The second-order valence-corrected chi connectivity index (χ2v) is 25.7. The van der Waals surface area contributed by atoms with E-state index in [4.69, 9.17) is 13.8 Å². The second-order valence-electron chi connectivity index (χ2n) is 24.3. The molecule has 0 aromatic heterocycles. The summed E-state index contributed by atoms with van der Waals surface area (Å²) in [6, 6.07) is -0.901. The summed E-state index contributed by atoms with van der Waals surface area (Å²) in [6.45, 7) is 6.79. The lowest BCUT2D eigenvalue weighted by atomic mass is 10.0. The summed E-state index contributed by atoms with van der Waals surface area (Å²) in [5.41, 5.74) is 0. The number of carbonyl (C=O) groups excluding carboxylic acids is 2. The average molecular weight is 1180 g/mol. The van der Waals surface area contributed by atoms with Gasteiger partial charge in [0, 0.05) is 12.8 Å². The largest absolute Gasteiger partial charge is 0.756 e. The maximum atomic E-state index is 13.6. The van der Waals surface area contributed by atoms with E-state index < -0.39 is 26.6 Å². The Hall–Kier alpha value is -3.07. The fourth-order valence-electron chi connectivity index (χ4n) is 9.63. The first kappa shape index (κ1) is 79.9. The number of amides is 1. The fourth-order valence-corrected chi connectivity index (χ4v) is 10.4. The van der Waals surface area contributed by atoms with E-state index >= 15 is 0 Å². The number of nitrogens with one attached hydrogen (secondary N) is 1. The molecular formula is C73H131N2O7P. The van der Waals surface area contributed by atoms with Gasteiger partial charge in [0.15, 0.2) is 0 Å². The number of nitrogens with zero attached hydrogens (tertiary/aromatic N) is 1. The molecule has 480 valence electrons. The van der Waals surface area contributed by atoms with Crippen LogP contribution >= 0.6 is 7.82 Å². The van der Waals surface area contributed by atoms with Gasteiger partial charge in [-0.2, -0.15) is 0 Å². The highest BCUT2D eigenvalue weighted by Crippen LogP contribution is 2.38. The molecule has 0 rings (SSSR count). The lowest BCUT2D eigenvalue weighted by molar-refractivity contribution is -0.870. The molecule has 1 amide bonds. The number of likely N-dealkylation sites (N-methyl/N-ethyl adjacent to an activating group) is 1. The number of hydrogen-bond acceptors (Lipinski definition) is 7. The zero-order valence-electron chi connectivity index (χ0n) is 54.9. The van der Waals surface area contributed by atoms with Crippen molar-refractivity contribution in [2.45, 2.75) is 315 Å². The molecule has 0 aromatic rings. The van der Waals surface area contributed by atoms with E-state index in [0.29, 0.717) is 17.4 Å². The number of phosphoric acid groups is 1. The predicted molar refractivity (Wildman–Crippen MR) is 358 cm³/mol. The topological polar surface area (TPSA) is 114 Å². The van der Waals surface area contributed by atoms with Crippen LogP contribution in [0.25, 0.3) is 0 Å². The number of hydrogen-bond donors (Lipinski definition) is 1. The van der Waals surface area contributed by atoms with Gasteiger partial charge in [-0.05, 0) is 115 Å². The van der Waals surface area contributed by atoms with Gasteiger partial charge >= 0.3 is 5.97 Å². The summed E-state index contributed by atoms with van der Waals surface area (Å²) >= 11 is 0. The van der Waals surface area contributed by atoms with Gasteiger partial charge in [-0.15, -0.1) is 0 Å². The number of allylic oxidation sites excluding steroid dienone is 15. The Morgan fingerprint density at radius 3 is 1.12 bits per heavy atom. The summed E-state index contributed by atoms with van der Waals surface area (Å²) in [7, 11) is 1.17.